The molecule has 0 fully saturated rings. The molecule has 0 aliphatic rings. The van der Waals surface area contributed by atoms with E-state index >= 15 is 0 Å². The van der Waals surface area contributed by atoms with Gasteiger partial charge in [0.15, 0.2) is 5.65 Å². The van der Waals surface area contributed by atoms with Gasteiger partial charge in [0.2, 0.25) is 5.76 Å². The fraction of sp³-hybridized carbons (Fsp3) is 0.190. The predicted molar refractivity (Wildman–Crippen MR) is 110 cm³/mol. The molecule has 2 N–H and O–H groups in total. The second-order valence-corrected chi connectivity index (χ2v) is 7.24. The van der Waals surface area contributed by atoms with Crippen LogP contribution >= 0.6 is 0 Å². The van der Waals surface area contributed by atoms with Crippen LogP contribution in [0.3, 0.4) is 0 Å². The SMILES string of the molecule is Cc1ccc(NC(=O)c2cc([C@@H](C)NC(=O)c3cnn4cccnc34)no2)cc1C(F)(F)F. The summed E-state index contributed by atoms with van der Waals surface area (Å²) < 4.78 is 45.7. The van der Waals surface area contributed by atoms with Crippen molar-refractivity contribution in [3.05, 3.63) is 77.1 Å². The first-order chi connectivity index (χ1) is 15.6. The normalized spacial score (nSPS) is 12.5. The van der Waals surface area contributed by atoms with Gasteiger partial charge in [-0.3, -0.25) is 9.59 Å². The highest BCUT2D eigenvalue weighted by atomic mass is 19.4. The summed E-state index contributed by atoms with van der Waals surface area (Å²) in [5.41, 5.74) is 0.0172. The summed E-state index contributed by atoms with van der Waals surface area (Å²) in [6.07, 6.45) is 0.0134. The third-order valence-corrected chi connectivity index (χ3v) is 4.87. The molecule has 0 aliphatic heterocycles. The molecular formula is C21H17F3N6O3. The molecule has 0 unspecified atom stereocenters. The van der Waals surface area contributed by atoms with E-state index in [1.807, 2.05) is 0 Å². The lowest BCUT2D eigenvalue weighted by Crippen LogP contribution is -2.26. The fourth-order valence-corrected chi connectivity index (χ4v) is 3.13. The lowest BCUT2D eigenvalue weighted by atomic mass is 10.1. The summed E-state index contributed by atoms with van der Waals surface area (Å²) in [6, 6.07) is 5.79. The third kappa shape index (κ3) is 4.54. The monoisotopic (exact) mass is 458 g/mol. The predicted octanol–water partition coefficient (Wildman–Crippen LogP) is 3.79. The molecule has 170 valence electrons. The molecule has 4 aromatic rings. The van der Waals surface area contributed by atoms with Crippen molar-refractivity contribution in [3.8, 4) is 0 Å². The van der Waals surface area contributed by atoms with Crippen LogP contribution in [-0.2, 0) is 6.18 Å². The van der Waals surface area contributed by atoms with Crippen LogP contribution in [0.2, 0.25) is 0 Å². The minimum atomic E-state index is -4.55. The van der Waals surface area contributed by atoms with Gasteiger partial charge in [0.1, 0.15) is 11.3 Å². The van der Waals surface area contributed by atoms with Crippen LogP contribution in [0.15, 0.2) is 53.4 Å². The second-order valence-electron chi connectivity index (χ2n) is 7.24. The number of nitrogens with one attached hydrogen (secondary N) is 2. The van der Waals surface area contributed by atoms with Gasteiger partial charge in [-0.15, -0.1) is 0 Å². The van der Waals surface area contributed by atoms with Gasteiger partial charge in [-0.2, -0.15) is 18.3 Å². The third-order valence-electron chi connectivity index (χ3n) is 4.87. The molecule has 0 bridgehead atoms. The van der Waals surface area contributed by atoms with Crippen LogP contribution in [0.1, 0.15) is 50.7 Å². The summed E-state index contributed by atoms with van der Waals surface area (Å²) in [6.45, 7) is 2.96. The van der Waals surface area contributed by atoms with E-state index in [1.54, 1.807) is 19.2 Å². The maximum atomic E-state index is 13.1. The van der Waals surface area contributed by atoms with Gasteiger partial charge in [0.25, 0.3) is 11.8 Å². The van der Waals surface area contributed by atoms with Crippen molar-refractivity contribution in [2.45, 2.75) is 26.1 Å². The number of hydrogen-bond acceptors (Lipinski definition) is 6. The molecule has 0 saturated carbocycles. The number of carbonyl (C=O) groups excluding carboxylic acids is 2. The molecule has 0 aliphatic carbocycles. The number of fused-ring (bicyclic) bond motifs is 1. The van der Waals surface area contributed by atoms with Gasteiger partial charge in [-0.05, 0) is 37.6 Å². The average molecular weight is 458 g/mol. The first-order valence-corrected chi connectivity index (χ1v) is 9.68. The average Bonchev–Trinajstić information content (AvgIpc) is 3.42. The van der Waals surface area contributed by atoms with Crippen molar-refractivity contribution in [3.63, 3.8) is 0 Å². The van der Waals surface area contributed by atoms with Crippen molar-refractivity contribution < 1.29 is 27.3 Å². The first kappa shape index (κ1) is 22.0. The summed E-state index contributed by atoms with van der Waals surface area (Å²) >= 11 is 0. The van der Waals surface area contributed by atoms with Gasteiger partial charge in [-0.1, -0.05) is 11.2 Å². The number of alkyl halides is 3. The number of hydrogen-bond donors (Lipinski definition) is 2. The first-order valence-electron chi connectivity index (χ1n) is 9.68. The Labute approximate surface area is 184 Å². The number of halogens is 3. The van der Waals surface area contributed by atoms with E-state index in [4.69, 9.17) is 4.52 Å². The van der Waals surface area contributed by atoms with Gasteiger partial charge in [-0.25, -0.2) is 9.50 Å². The number of aryl methyl sites for hydroxylation is 1. The standard InChI is InChI=1S/C21H17F3N6O3/c1-11-4-5-13(8-15(11)21(22,23)24)28-20(32)17-9-16(29-33-17)12(2)27-19(31)14-10-26-30-7-3-6-25-18(14)30/h3-10,12H,1-2H3,(H,27,31)(H,28,32)/t12-/m1/s1. The topological polar surface area (TPSA) is 114 Å². The van der Waals surface area contributed by atoms with Crippen LogP contribution in [0.25, 0.3) is 5.65 Å². The molecule has 3 aromatic heterocycles. The van der Waals surface area contributed by atoms with Crippen molar-refractivity contribution in [2.24, 2.45) is 0 Å². The highest BCUT2D eigenvalue weighted by molar-refractivity contribution is 6.02. The van der Waals surface area contributed by atoms with E-state index < -0.39 is 29.6 Å². The van der Waals surface area contributed by atoms with Crippen LogP contribution < -0.4 is 10.6 Å². The Morgan fingerprint density at radius 3 is 2.73 bits per heavy atom. The second kappa shape index (κ2) is 8.37. The summed E-state index contributed by atoms with van der Waals surface area (Å²) in [5, 5.41) is 12.9. The van der Waals surface area contributed by atoms with Gasteiger partial charge in [0, 0.05) is 24.1 Å². The van der Waals surface area contributed by atoms with Crippen LogP contribution in [0.5, 0.6) is 0 Å². The summed E-state index contributed by atoms with van der Waals surface area (Å²) in [5.74, 6) is -1.46. The summed E-state index contributed by atoms with van der Waals surface area (Å²) in [4.78, 5) is 29.1. The molecule has 2 amide bonds. The zero-order valence-corrected chi connectivity index (χ0v) is 17.3. The number of amides is 2. The van der Waals surface area contributed by atoms with E-state index in [9.17, 15) is 22.8 Å². The van der Waals surface area contributed by atoms with Crippen LogP contribution in [0, 0.1) is 6.92 Å². The maximum absolute atomic E-state index is 13.1. The van der Waals surface area contributed by atoms with Gasteiger partial charge < -0.3 is 15.2 Å². The van der Waals surface area contributed by atoms with Gasteiger partial charge in [0.05, 0.1) is 17.8 Å². The molecule has 9 nitrogen and oxygen atoms in total. The van der Waals surface area contributed by atoms with Crippen molar-refractivity contribution in [2.75, 3.05) is 5.32 Å². The highest BCUT2D eigenvalue weighted by Gasteiger charge is 2.32. The largest absolute Gasteiger partial charge is 0.416 e. The number of nitrogens with zero attached hydrogens (tertiary/aromatic N) is 4. The Morgan fingerprint density at radius 1 is 1.18 bits per heavy atom. The number of carbonyl (C=O) groups is 2. The Hall–Kier alpha value is -4.22. The van der Waals surface area contributed by atoms with E-state index in [-0.39, 0.29) is 28.3 Å². The lowest BCUT2D eigenvalue weighted by Gasteiger charge is -2.12. The molecule has 4 rings (SSSR count). The number of aromatic nitrogens is 4. The van der Waals surface area contributed by atoms with Crippen LogP contribution in [0.4, 0.5) is 18.9 Å². The molecular weight excluding hydrogens is 441 g/mol. The molecule has 1 atom stereocenters. The van der Waals surface area contributed by atoms with Crippen molar-refractivity contribution in [1.82, 2.24) is 25.1 Å². The van der Waals surface area contributed by atoms with E-state index in [1.165, 1.54) is 42.0 Å². The molecule has 12 heteroatoms. The zero-order valence-electron chi connectivity index (χ0n) is 17.3. The number of anilines is 1. The Morgan fingerprint density at radius 2 is 1.97 bits per heavy atom. The molecule has 0 radical (unpaired) electrons. The molecule has 1 aromatic carbocycles. The quantitative estimate of drug-likeness (QED) is 0.470. The number of benzene rings is 1. The summed E-state index contributed by atoms with van der Waals surface area (Å²) in [7, 11) is 0. The Bertz CT molecular complexity index is 1340. The van der Waals surface area contributed by atoms with E-state index in [2.05, 4.69) is 25.9 Å². The van der Waals surface area contributed by atoms with E-state index in [0.29, 0.717) is 5.65 Å². The van der Waals surface area contributed by atoms with Gasteiger partial charge >= 0.3 is 6.18 Å². The highest BCUT2D eigenvalue weighted by Crippen LogP contribution is 2.33. The Kier molecular flexibility index (Phi) is 5.58. The fourth-order valence-electron chi connectivity index (χ4n) is 3.13. The van der Waals surface area contributed by atoms with Crippen molar-refractivity contribution >= 4 is 23.1 Å². The van der Waals surface area contributed by atoms with E-state index in [0.717, 1.165) is 6.07 Å². The minimum Gasteiger partial charge on any atom is -0.351 e. The lowest BCUT2D eigenvalue weighted by molar-refractivity contribution is -0.138. The smallest absolute Gasteiger partial charge is 0.351 e. The van der Waals surface area contributed by atoms with Crippen molar-refractivity contribution in [1.29, 1.82) is 0 Å². The number of rotatable bonds is 5. The molecule has 3 heterocycles. The van der Waals surface area contributed by atoms with Crippen LogP contribution in [-0.4, -0.2) is 31.6 Å². The minimum absolute atomic E-state index is 0.0356. The Balaban J connectivity index is 1.45. The zero-order chi connectivity index (χ0) is 23.8. The maximum Gasteiger partial charge on any atom is 0.416 e. The molecule has 33 heavy (non-hydrogen) atoms. The molecule has 0 spiro atoms. The molecule has 0 saturated heterocycles.